The van der Waals surface area contributed by atoms with Crippen LogP contribution < -0.4 is 5.32 Å². The molecule has 0 saturated carbocycles. The number of nitrogens with one attached hydrogen (secondary N) is 1. The summed E-state index contributed by atoms with van der Waals surface area (Å²) in [4.78, 5) is 0. The van der Waals surface area contributed by atoms with Crippen molar-refractivity contribution < 1.29 is 17.9 Å². The van der Waals surface area contributed by atoms with Crippen molar-refractivity contribution in [2.45, 2.75) is 31.7 Å². The quantitative estimate of drug-likeness (QED) is 0.911. The molecule has 106 valence electrons. The molecular weight excluding hydrogens is 255 g/mol. The highest BCUT2D eigenvalue weighted by Crippen LogP contribution is 2.39. The van der Waals surface area contributed by atoms with Gasteiger partial charge in [-0.25, -0.2) is 0 Å². The molecule has 2 rings (SSSR count). The first-order chi connectivity index (χ1) is 8.95. The zero-order chi connectivity index (χ0) is 14.0. The molecule has 3 unspecified atom stereocenters. The van der Waals surface area contributed by atoms with E-state index < -0.39 is 11.7 Å². The molecule has 1 aromatic rings. The molecule has 0 spiro atoms. The van der Waals surface area contributed by atoms with Crippen LogP contribution in [0.3, 0.4) is 0 Å². The van der Waals surface area contributed by atoms with Crippen LogP contribution in [0.4, 0.5) is 13.2 Å². The van der Waals surface area contributed by atoms with Crippen LogP contribution >= 0.6 is 0 Å². The Morgan fingerprint density at radius 3 is 2.53 bits per heavy atom. The first-order valence-electron chi connectivity index (χ1n) is 6.40. The van der Waals surface area contributed by atoms with Crippen molar-refractivity contribution >= 4 is 0 Å². The van der Waals surface area contributed by atoms with E-state index in [1.807, 2.05) is 6.92 Å². The van der Waals surface area contributed by atoms with Gasteiger partial charge in [-0.3, -0.25) is 0 Å². The van der Waals surface area contributed by atoms with Gasteiger partial charge in [0.15, 0.2) is 0 Å². The Morgan fingerprint density at radius 2 is 2.00 bits per heavy atom. The highest BCUT2D eigenvalue weighted by atomic mass is 19.4. The molecular formula is C14H18F3NO. The summed E-state index contributed by atoms with van der Waals surface area (Å²) in [6, 6.07) is 5.42. The van der Waals surface area contributed by atoms with Gasteiger partial charge in [-0.05, 0) is 32.0 Å². The lowest BCUT2D eigenvalue weighted by molar-refractivity contribution is -0.138. The molecule has 0 aromatic heterocycles. The van der Waals surface area contributed by atoms with Gasteiger partial charge >= 0.3 is 6.18 Å². The Kier molecular flexibility index (Phi) is 4.16. The molecule has 1 fully saturated rings. The Hall–Kier alpha value is -1.07. The lowest BCUT2D eigenvalue weighted by Gasteiger charge is -2.28. The molecule has 1 N–H and O–H groups in total. The standard InChI is InChI=1S/C14H18F3NO/c1-9-10(7-8-19-9)13(18-2)11-5-3-4-6-12(11)14(15,16)17/h3-6,9-10,13,18H,7-8H2,1-2H3. The lowest BCUT2D eigenvalue weighted by atomic mass is 9.86. The summed E-state index contributed by atoms with van der Waals surface area (Å²) in [6.07, 6.45) is -3.58. The number of halogens is 3. The second-order valence-electron chi connectivity index (χ2n) is 4.88. The molecule has 0 aliphatic carbocycles. The van der Waals surface area contributed by atoms with E-state index in [0.717, 1.165) is 12.5 Å². The van der Waals surface area contributed by atoms with Crippen LogP contribution in [0, 0.1) is 5.92 Å². The number of hydrogen-bond acceptors (Lipinski definition) is 2. The molecule has 5 heteroatoms. The van der Waals surface area contributed by atoms with E-state index in [1.165, 1.54) is 6.07 Å². The zero-order valence-electron chi connectivity index (χ0n) is 11.0. The van der Waals surface area contributed by atoms with Crippen LogP contribution in [0.15, 0.2) is 24.3 Å². The summed E-state index contributed by atoms with van der Waals surface area (Å²) in [5.74, 6) is 0.0634. The van der Waals surface area contributed by atoms with E-state index in [2.05, 4.69) is 5.32 Å². The lowest BCUT2D eigenvalue weighted by Crippen LogP contribution is -2.31. The summed E-state index contributed by atoms with van der Waals surface area (Å²) in [5, 5.41) is 3.02. The van der Waals surface area contributed by atoms with Crippen LogP contribution in [0.5, 0.6) is 0 Å². The minimum Gasteiger partial charge on any atom is -0.378 e. The molecule has 2 nitrogen and oxygen atoms in total. The summed E-state index contributed by atoms with van der Waals surface area (Å²) in [7, 11) is 1.70. The van der Waals surface area contributed by atoms with Gasteiger partial charge in [0.2, 0.25) is 0 Å². The minimum atomic E-state index is -4.33. The molecule has 0 bridgehead atoms. The average Bonchev–Trinajstić information content (AvgIpc) is 2.76. The van der Waals surface area contributed by atoms with E-state index in [1.54, 1.807) is 19.2 Å². The van der Waals surface area contributed by atoms with Crippen molar-refractivity contribution in [1.29, 1.82) is 0 Å². The highest BCUT2D eigenvalue weighted by molar-refractivity contribution is 5.33. The predicted molar refractivity (Wildman–Crippen MR) is 66.8 cm³/mol. The molecule has 19 heavy (non-hydrogen) atoms. The van der Waals surface area contributed by atoms with Crippen molar-refractivity contribution in [1.82, 2.24) is 5.32 Å². The maximum atomic E-state index is 13.1. The van der Waals surface area contributed by atoms with E-state index in [9.17, 15) is 13.2 Å². The fourth-order valence-electron chi connectivity index (χ4n) is 2.81. The molecule has 1 saturated heterocycles. The van der Waals surface area contributed by atoms with Gasteiger partial charge in [0.1, 0.15) is 0 Å². The monoisotopic (exact) mass is 273 g/mol. The third-order valence-electron chi connectivity index (χ3n) is 3.78. The van der Waals surface area contributed by atoms with E-state index in [0.29, 0.717) is 12.2 Å². The second kappa shape index (κ2) is 5.51. The molecule has 0 radical (unpaired) electrons. The van der Waals surface area contributed by atoms with Gasteiger partial charge in [0, 0.05) is 18.6 Å². The van der Waals surface area contributed by atoms with Crippen LogP contribution in [-0.4, -0.2) is 19.8 Å². The molecule has 3 atom stereocenters. The highest BCUT2D eigenvalue weighted by Gasteiger charge is 2.39. The van der Waals surface area contributed by atoms with Crippen molar-refractivity contribution in [2.24, 2.45) is 5.92 Å². The average molecular weight is 273 g/mol. The van der Waals surface area contributed by atoms with Gasteiger partial charge in [-0.2, -0.15) is 13.2 Å². The van der Waals surface area contributed by atoms with Crippen molar-refractivity contribution in [3.63, 3.8) is 0 Å². The number of ether oxygens (including phenoxy) is 1. The van der Waals surface area contributed by atoms with Gasteiger partial charge < -0.3 is 10.1 Å². The zero-order valence-corrected chi connectivity index (χ0v) is 11.0. The van der Waals surface area contributed by atoms with Gasteiger partial charge in [0.05, 0.1) is 11.7 Å². The van der Waals surface area contributed by atoms with Gasteiger partial charge in [-0.1, -0.05) is 18.2 Å². The first-order valence-corrected chi connectivity index (χ1v) is 6.40. The Labute approximate surface area is 111 Å². The molecule has 0 amide bonds. The summed E-state index contributed by atoms with van der Waals surface area (Å²) >= 11 is 0. The summed E-state index contributed by atoms with van der Waals surface area (Å²) in [5.41, 5.74) is -0.256. The Balaban J connectivity index is 2.38. The summed E-state index contributed by atoms with van der Waals surface area (Å²) in [6.45, 7) is 2.52. The van der Waals surface area contributed by atoms with Crippen LogP contribution in [0.1, 0.15) is 30.5 Å². The first kappa shape index (κ1) is 14.3. The number of alkyl halides is 3. The molecule has 1 heterocycles. The van der Waals surface area contributed by atoms with E-state index >= 15 is 0 Å². The number of hydrogen-bond donors (Lipinski definition) is 1. The summed E-state index contributed by atoms with van der Waals surface area (Å²) < 4.78 is 44.7. The Morgan fingerprint density at radius 1 is 1.32 bits per heavy atom. The van der Waals surface area contributed by atoms with Crippen molar-refractivity contribution in [3.05, 3.63) is 35.4 Å². The third-order valence-corrected chi connectivity index (χ3v) is 3.78. The van der Waals surface area contributed by atoms with Crippen LogP contribution in [0.25, 0.3) is 0 Å². The van der Waals surface area contributed by atoms with Crippen molar-refractivity contribution in [3.8, 4) is 0 Å². The fraction of sp³-hybridized carbons (Fsp3) is 0.571. The predicted octanol–water partition coefficient (Wildman–Crippen LogP) is 3.39. The van der Waals surface area contributed by atoms with E-state index in [-0.39, 0.29) is 18.1 Å². The smallest absolute Gasteiger partial charge is 0.378 e. The Bertz CT molecular complexity index is 433. The molecule has 1 aliphatic heterocycles. The van der Waals surface area contributed by atoms with Crippen LogP contribution in [0.2, 0.25) is 0 Å². The molecule has 1 aromatic carbocycles. The maximum absolute atomic E-state index is 13.1. The fourth-order valence-corrected chi connectivity index (χ4v) is 2.81. The normalized spacial score (nSPS) is 25.5. The van der Waals surface area contributed by atoms with E-state index in [4.69, 9.17) is 4.74 Å². The second-order valence-corrected chi connectivity index (χ2v) is 4.88. The van der Waals surface area contributed by atoms with Gasteiger partial charge in [-0.15, -0.1) is 0 Å². The topological polar surface area (TPSA) is 21.3 Å². The maximum Gasteiger partial charge on any atom is 0.416 e. The SMILES string of the molecule is CNC(c1ccccc1C(F)(F)F)C1CCOC1C. The van der Waals surface area contributed by atoms with Crippen LogP contribution in [-0.2, 0) is 10.9 Å². The number of benzene rings is 1. The third kappa shape index (κ3) is 2.92. The molecule has 1 aliphatic rings. The number of rotatable bonds is 3. The largest absolute Gasteiger partial charge is 0.416 e. The van der Waals surface area contributed by atoms with Gasteiger partial charge in [0.25, 0.3) is 0 Å². The van der Waals surface area contributed by atoms with Crippen molar-refractivity contribution in [2.75, 3.05) is 13.7 Å². The minimum absolute atomic E-state index is 0.0289.